The molecular weight excluding hydrogens is 524 g/mol. The fourth-order valence-electron chi connectivity index (χ4n) is 3.86. The van der Waals surface area contributed by atoms with Gasteiger partial charge in [-0.05, 0) is 73.5 Å². The first-order valence-electron chi connectivity index (χ1n) is 11.7. The van der Waals surface area contributed by atoms with E-state index in [9.17, 15) is 13.2 Å². The fourth-order valence-corrected chi connectivity index (χ4v) is 5.53. The summed E-state index contributed by atoms with van der Waals surface area (Å²) in [5, 5.41) is 3.14. The molecule has 0 bridgehead atoms. The van der Waals surface area contributed by atoms with Crippen molar-refractivity contribution in [1.29, 1.82) is 0 Å². The van der Waals surface area contributed by atoms with Crippen molar-refractivity contribution in [2.24, 2.45) is 0 Å². The summed E-state index contributed by atoms with van der Waals surface area (Å²) in [6, 6.07) is 25.2. The Bertz CT molecular complexity index is 1560. The predicted molar refractivity (Wildman–Crippen MR) is 150 cm³/mol. The van der Waals surface area contributed by atoms with Crippen LogP contribution in [0.25, 0.3) is 0 Å². The van der Waals surface area contributed by atoms with Crippen LogP contribution in [0, 0.1) is 13.8 Å². The molecule has 0 saturated heterocycles. The van der Waals surface area contributed by atoms with Gasteiger partial charge in [0.25, 0.3) is 10.0 Å². The molecule has 38 heavy (non-hydrogen) atoms. The predicted octanol–water partition coefficient (Wildman–Crippen LogP) is 6.59. The van der Waals surface area contributed by atoms with E-state index >= 15 is 0 Å². The quantitative estimate of drug-likeness (QED) is 0.254. The summed E-state index contributed by atoms with van der Waals surface area (Å²) in [5.41, 5.74) is 2.35. The first-order valence-corrected chi connectivity index (χ1v) is 13.6. The van der Waals surface area contributed by atoms with Crippen molar-refractivity contribution in [1.82, 2.24) is 0 Å². The van der Waals surface area contributed by atoms with Crippen LogP contribution < -0.4 is 19.1 Å². The van der Waals surface area contributed by atoms with Crippen LogP contribution in [0.2, 0.25) is 5.02 Å². The highest BCUT2D eigenvalue weighted by atomic mass is 35.5. The molecule has 1 amide bonds. The number of benzene rings is 4. The molecule has 0 radical (unpaired) electrons. The highest BCUT2D eigenvalue weighted by Gasteiger charge is 2.29. The van der Waals surface area contributed by atoms with Gasteiger partial charge in [-0.1, -0.05) is 54.1 Å². The van der Waals surface area contributed by atoms with Gasteiger partial charge in [-0.25, -0.2) is 8.42 Å². The number of amides is 1. The minimum atomic E-state index is -4.06. The highest BCUT2D eigenvalue weighted by molar-refractivity contribution is 7.92. The maximum atomic E-state index is 13.7. The zero-order chi connectivity index (χ0) is 27.3. The van der Waals surface area contributed by atoms with Gasteiger partial charge in [0.2, 0.25) is 5.91 Å². The lowest BCUT2D eigenvalue weighted by Gasteiger charge is -2.26. The Morgan fingerprint density at radius 1 is 0.868 bits per heavy atom. The van der Waals surface area contributed by atoms with Crippen molar-refractivity contribution in [2.75, 3.05) is 23.3 Å². The first-order chi connectivity index (χ1) is 18.2. The zero-order valence-electron chi connectivity index (χ0n) is 21.1. The van der Waals surface area contributed by atoms with E-state index in [0.717, 1.165) is 15.4 Å². The Hall–Kier alpha value is -4.01. The number of nitrogens with one attached hydrogen (secondary N) is 1. The van der Waals surface area contributed by atoms with Crippen LogP contribution in [0.5, 0.6) is 17.2 Å². The average Bonchev–Trinajstić information content (AvgIpc) is 2.91. The summed E-state index contributed by atoms with van der Waals surface area (Å²) in [6.45, 7) is 3.24. The zero-order valence-corrected chi connectivity index (χ0v) is 22.7. The molecule has 4 rings (SSSR count). The van der Waals surface area contributed by atoms with Gasteiger partial charge in [-0.15, -0.1) is 0 Å². The first kappa shape index (κ1) is 27.0. The summed E-state index contributed by atoms with van der Waals surface area (Å²) in [7, 11) is -2.53. The van der Waals surface area contributed by atoms with Gasteiger partial charge in [-0.2, -0.15) is 0 Å². The second-order valence-corrected chi connectivity index (χ2v) is 10.8. The average molecular weight is 551 g/mol. The highest BCUT2D eigenvalue weighted by Crippen LogP contribution is 2.36. The molecule has 0 aliphatic carbocycles. The largest absolute Gasteiger partial charge is 0.493 e. The third kappa shape index (κ3) is 5.93. The van der Waals surface area contributed by atoms with Crippen molar-refractivity contribution in [3.05, 3.63) is 107 Å². The number of rotatable bonds is 9. The molecule has 0 spiro atoms. The van der Waals surface area contributed by atoms with Gasteiger partial charge in [0, 0.05) is 5.02 Å². The van der Waals surface area contributed by atoms with E-state index in [0.29, 0.717) is 28.0 Å². The molecule has 0 atom stereocenters. The fraction of sp³-hybridized carbons (Fsp3) is 0.138. The lowest BCUT2D eigenvalue weighted by atomic mass is 10.1. The van der Waals surface area contributed by atoms with E-state index in [1.807, 2.05) is 26.0 Å². The molecule has 0 aromatic heterocycles. The number of nitrogens with zero attached hydrogens (tertiary/aromatic N) is 1. The van der Waals surface area contributed by atoms with E-state index < -0.39 is 22.5 Å². The van der Waals surface area contributed by atoms with E-state index in [4.69, 9.17) is 21.1 Å². The Kier molecular flexibility index (Phi) is 8.24. The van der Waals surface area contributed by atoms with Crippen LogP contribution in [0.4, 0.5) is 11.4 Å². The van der Waals surface area contributed by atoms with Gasteiger partial charge in [-0.3, -0.25) is 9.10 Å². The third-order valence-electron chi connectivity index (χ3n) is 5.97. The SMILES string of the molecule is COc1ccccc1Oc1ccc(Cl)cc1NC(=O)CN(c1cccc(C)c1C)S(=O)(=O)c1ccccc1. The summed E-state index contributed by atoms with van der Waals surface area (Å²) >= 11 is 6.22. The standard InChI is InChI=1S/C29H27ClN2O5S/c1-20-10-9-13-25(21(20)2)32(38(34,35)23-11-5-4-6-12-23)19-29(33)31-24-18-22(30)16-17-26(24)37-28-15-8-7-14-27(28)36-3/h4-18H,19H2,1-3H3,(H,31,33). The van der Waals surface area contributed by atoms with Crippen molar-refractivity contribution >= 4 is 38.9 Å². The topological polar surface area (TPSA) is 84.9 Å². The molecule has 0 aliphatic heterocycles. The summed E-state index contributed by atoms with van der Waals surface area (Å²) in [5.74, 6) is 0.695. The lowest BCUT2D eigenvalue weighted by molar-refractivity contribution is -0.114. The van der Waals surface area contributed by atoms with Crippen LogP contribution >= 0.6 is 11.6 Å². The molecule has 0 saturated carbocycles. The maximum absolute atomic E-state index is 13.7. The van der Waals surface area contributed by atoms with Gasteiger partial charge in [0.1, 0.15) is 6.54 Å². The second kappa shape index (κ2) is 11.6. The van der Waals surface area contributed by atoms with Gasteiger partial charge >= 0.3 is 0 Å². The number of ether oxygens (including phenoxy) is 2. The number of sulfonamides is 1. The molecule has 0 fully saturated rings. The summed E-state index contributed by atoms with van der Waals surface area (Å²) < 4.78 is 39.9. The van der Waals surface area contributed by atoms with Crippen molar-refractivity contribution in [3.8, 4) is 17.2 Å². The molecule has 4 aromatic carbocycles. The van der Waals surface area contributed by atoms with E-state index in [1.165, 1.54) is 25.3 Å². The normalized spacial score (nSPS) is 11.1. The van der Waals surface area contributed by atoms with Gasteiger partial charge in [0.05, 0.1) is 23.4 Å². The number of aryl methyl sites for hydroxylation is 1. The molecule has 0 aliphatic rings. The number of carbonyl (C=O) groups is 1. The molecule has 4 aromatic rings. The van der Waals surface area contributed by atoms with Crippen LogP contribution in [0.1, 0.15) is 11.1 Å². The number of hydrogen-bond acceptors (Lipinski definition) is 5. The molecule has 1 N–H and O–H groups in total. The third-order valence-corrected chi connectivity index (χ3v) is 7.98. The Morgan fingerprint density at radius 3 is 2.26 bits per heavy atom. The number of para-hydroxylation sites is 2. The Morgan fingerprint density at radius 2 is 1.55 bits per heavy atom. The van der Waals surface area contributed by atoms with Crippen molar-refractivity contribution in [3.63, 3.8) is 0 Å². The van der Waals surface area contributed by atoms with Crippen LogP contribution in [-0.4, -0.2) is 28.0 Å². The maximum Gasteiger partial charge on any atom is 0.264 e. The van der Waals surface area contributed by atoms with E-state index in [2.05, 4.69) is 5.32 Å². The minimum absolute atomic E-state index is 0.0802. The van der Waals surface area contributed by atoms with E-state index in [-0.39, 0.29) is 10.6 Å². The lowest BCUT2D eigenvalue weighted by Crippen LogP contribution is -2.38. The number of methoxy groups -OCH3 is 1. The molecule has 196 valence electrons. The number of carbonyl (C=O) groups excluding carboxylic acids is 1. The Labute approximate surface area is 227 Å². The molecule has 9 heteroatoms. The van der Waals surface area contributed by atoms with Crippen molar-refractivity contribution in [2.45, 2.75) is 18.7 Å². The number of halogens is 1. The van der Waals surface area contributed by atoms with Crippen LogP contribution in [0.3, 0.4) is 0 Å². The molecule has 7 nitrogen and oxygen atoms in total. The van der Waals surface area contributed by atoms with E-state index in [1.54, 1.807) is 60.7 Å². The molecular formula is C29H27ClN2O5S. The monoisotopic (exact) mass is 550 g/mol. The number of anilines is 2. The Balaban J connectivity index is 1.68. The minimum Gasteiger partial charge on any atom is -0.493 e. The molecule has 0 unspecified atom stereocenters. The smallest absolute Gasteiger partial charge is 0.264 e. The molecule has 0 heterocycles. The van der Waals surface area contributed by atoms with Crippen LogP contribution in [-0.2, 0) is 14.8 Å². The number of hydrogen-bond donors (Lipinski definition) is 1. The summed E-state index contributed by atoms with van der Waals surface area (Å²) in [4.78, 5) is 13.4. The summed E-state index contributed by atoms with van der Waals surface area (Å²) in [6.07, 6.45) is 0. The van der Waals surface area contributed by atoms with Crippen LogP contribution in [0.15, 0.2) is 95.9 Å². The second-order valence-electron chi connectivity index (χ2n) is 8.49. The van der Waals surface area contributed by atoms with Gasteiger partial charge < -0.3 is 14.8 Å². The van der Waals surface area contributed by atoms with Crippen molar-refractivity contribution < 1.29 is 22.7 Å². The van der Waals surface area contributed by atoms with Gasteiger partial charge in [0.15, 0.2) is 17.2 Å².